The van der Waals surface area contributed by atoms with E-state index in [1.807, 2.05) is 6.92 Å². The summed E-state index contributed by atoms with van der Waals surface area (Å²) in [6.45, 7) is 4.62. The predicted molar refractivity (Wildman–Crippen MR) is 112 cm³/mol. The Bertz CT molecular complexity index is 1030. The van der Waals surface area contributed by atoms with Crippen LogP contribution in [0.15, 0.2) is 47.4 Å². The van der Waals surface area contributed by atoms with Gasteiger partial charge in [0.2, 0.25) is 15.9 Å². The highest BCUT2D eigenvalue weighted by Crippen LogP contribution is 2.24. The number of hydrogen-bond acceptors (Lipinski definition) is 4. The summed E-state index contributed by atoms with van der Waals surface area (Å²) in [5, 5.41) is 5.57. The van der Waals surface area contributed by atoms with Gasteiger partial charge in [-0.3, -0.25) is 9.59 Å². The monoisotopic (exact) mass is 415 g/mol. The lowest BCUT2D eigenvalue weighted by Crippen LogP contribution is -2.28. The number of carbonyl (C=O) groups is 2. The summed E-state index contributed by atoms with van der Waals surface area (Å²) in [4.78, 5) is 24.5. The molecule has 0 bridgehead atoms. The second kappa shape index (κ2) is 8.75. The lowest BCUT2D eigenvalue weighted by Gasteiger charge is -2.16. The maximum absolute atomic E-state index is 12.8. The van der Waals surface area contributed by atoms with E-state index in [-0.39, 0.29) is 16.4 Å². The maximum Gasteiger partial charge on any atom is 0.255 e. The number of benzene rings is 2. The van der Waals surface area contributed by atoms with Gasteiger partial charge in [-0.05, 0) is 55.7 Å². The fourth-order valence-corrected chi connectivity index (χ4v) is 4.72. The van der Waals surface area contributed by atoms with Gasteiger partial charge in [-0.1, -0.05) is 19.1 Å². The Kier molecular flexibility index (Phi) is 6.34. The first-order chi connectivity index (χ1) is 13.8. The number of amides is 2. The first-order valence-corrected chi connectivity index (χ1v) is 11.1. The first kappa shape index (κ1) is 21.0. The quantitative estimate of drug-likeness (QED) is 0.756. The second-order valence-corrected chi connectivity index (χ2v) is 8.96. The van der Waals surface area contributed by atoms with E-state index in [2.05, 4.69) is 10.6 Å². The minimum atomic E-state index is -3.59. The van der Waals surface area contributed by atoms with E-state index < -0.39 is 15.9 Å². The molecule has 2 amide bonds. The fraction of sp³-hybridized carbons (Fsp3) is 0.333. The van der Waals surface area contributed by atoms with Crippen LogP contribution in [0, 0.1) is 6.92 Å². The minimum absolute atomic E-state index is 0.118. The number of rotatable bonds is 6. The van der Waals surface area contributed by atoms with Crippen molar-refractivity contribution in [3.8, 4) is 0 Å². The summed E-state index contributed by atoms with van der Waals surface area (Å²) in [7, 11) is -3.59. The van der Waals surface area contributed by atoms with Crippen LogP contribution in [0.1, 0.15) is 42.1 Å². The molecular weight excluding hydrogens is 390 g/mol. The standard InChI is InChI=1S/C21H25N3O4S/c1-3-20(25)22-17-10-9-15(2)19(14-17)23-21(26)16-7-6-8-18(13-16)29(27,28)24-11-4-5-12-24/h6-10,13-14H,3-5,11-12H2,1-2H3,(H,22,25)(H,23,26). The summed E-state index contributed by atoms with van der Waals surface area (Å²) in [5.41, 5.74) is 2.22. The molecule has 1 fully saturated rings. The average molecular weight is 416 g/mol. The lowest BCUT2D eigenvalue weighted by atomic mass is 10.1. The Morgan fingerprint density at radius 2 is 1.76 bits per heavy atom. The predicted octanol–water partition coefficient (Wildman–Crippen LogP) is 3.38. The van der Waals surface area contributed by atoms with Crippen LogP contribution in [0.25, 0.3) is 0 Å². The van der Waals surface area contributed by atoms with Crippen molar-refractivity contribution in [2.45, 2.75) is 38.0 Å². The molecule has 0 aromatic heterocycles. The van der Waals surface area contributed by atoms with Crippen LogP contribution in [-0.4, -0.2) is 37.6 Å². The summed E-state index contributed by atoms with van der Waals surface area (Å²) in [6, 6.07) is 11.3. The minimum Gasteiger partial charge on any atom is -0.326 e. The third kappa shape index (κ3) is 4.83. The number of sulfonamides is 1. The Labute approximate surface area is 171 Å². The van der Waals surface area contributed by atoms with Gasteiger partial charge in [0.1, 0.15) is 0 Å². The zero-order chi connectivity index (χ0) is 21.0. The average Bonchev–Trinajstić information content (AvgIpc) is 3.26. The Balaban J connectivity index is 1.81. The SMILES string of the molecule is CCC(=O)Nc1ccc(C)c(NC(=O)c2cccc(S(=O)(=O)N3CCCC3)c2)c1. The molecule has 1 aliphatic rings. The van der Waals surface area contributed by atoms with Crippen molar-refractivity contribution < 1.29 is 18.0 Å². The van der Waals surface area contributed by atoms with Crippen molar-refractivity contribution in [3.05, 3.63) is 53.6 Å². The Hall–Kier alpha value is -2.71. The molecule has 1 saturated heterocycles. The van der Waals surface area contributed by atoms with E-state index in [0.717, 1.165) is 18.4 Å². The molecule has 3 rings (SSSR count). The Morgan fingerprint density at radius 3 is 2.45 bits per heavy atom. The zero-order valence-electron chi connectivity index (χ0n) is 16.6. The van der Waals surface area contributed by atoms with Crippen LogP contribution < -0.4 is 10.6 Å². The van der Waals surface area contributed by atoms with E-state index in [4.69, 9.17) is 0 Å². The van der Waals surface area contributed by atoms with Gasteiger partial charge in [-0.15, -0.1) is 0 Å². The topological polar surface area (TPSA) is 95.6 Å². The third-order valence-electron chi connectivity index (χ3n) is 4.89. The maximum atomic E-state index is 12.8. The van der Waals surface area contributed by atoms with E-state index in [9.17, 15) is 18.0 Å². The molecule has 0 spiro atoms. The highest BCUT2D eigenvalue weighted by atomic mass is 32.2. The molecule has 1 heterocycles. The molecule has 2 N–H and O–H groups in total. The molecule has 2 aromatic rings. The molecule has 7 nitrogen and oxygen atoms in total. The van der Waals surface area contributed by atoms with Crippen LogP contribution in [0.2, 0.25) is 0 Å². The molecule has 0 unspecified atom stereocenters. The van der Waals surface area contributed by atoms with Gasteiger partial charge in [0.15, 0.2) is 0 Å². The van der Waals surface area contributed by atoms with Crippen LogP contribution in [0.3, 0.4) is 0 Å². The van der Waals surface area contributed by atoms with Crippen molar-refractivity contribution in [3.63, 3.8) is 0 Å². The van der Waals surface area contributed by atoms with E-state index >= 15 is 0 Å². The third-order valence-corrected chi connectivity index (χ3v) is 6.78. The molecule has 8 heteroatoms. The molecule has 0 aliphatic carbocycles. The van der Waals surface area contributed by atoms with Gasteiger partial charge >= 0.3 is 0 Å². The number of carbonyl (C=O) groups excluding carboxylic acids is 2. The number of aryl methyl sites for hydroxylation is 1. The zero-order valence-corrected chi connectivity index (χ0v) is 17.4. The van der Waals surface area contributed by atoms with Crippen LogP contribution in [0.4, 0.5) is 11.4 Å². The highest BCUT2D eigenvalue weighted by molar-refractivity contribution is 7.89. The number of hydrogen-bond donors (Lipinski definition) is 2. The second-order valence-electron chi connectivity index (χ2n) is 7.02. The van der Waals surface area contributed by atoms with Gasteiger partial charge in [0.25, 0.3) is 5.91 Å². The van der Waals surface area contributed by atoms with Crippen molar-refractivity contribution in [1.82, 2.24) is 4.31 Å². The normalized spacial score (nSPS) is 14.6. The molecule has 29 heavy (non-hydrogen) atoms. The summed E-state index contributed by atoms with van der Waals surface area (Å²) in [5.74, 6) is -0.531. The first-order valence-electron chi connectivity index (χ1n) is 9.63. The van der Waals surface area contributed by atoms with E-state index in [0.29, 0.717) is 30.9 Å². The highest BCUT2D eigenvalue weighted by Gasteiger charge is 2.27. The van der Waals surface area contributed by atoms with Gasteiger partial charge < -0.3 is 10.6 Å². The molecule has 154 valence electrons. The number of anilines is 2. The van der Waals surface area contributed by atoms with Crippen molar-refractivity contribution in [1.29, 1.82) is 0 Å². The van der Waals surface area contributed by atoms with Gasteiger partial charge in [0, 0.05) is 36.4 Å². The largest absolute Gasteiger partial charge is 0.326 e. The lowest BCUT2D eigenvalue weighted by molar-refractivity contribution is -0.115. The summed E-state index contributed by atoms with van der Waals surface area (Å²) >= 11 is 0. The van der Waals surface area contributed by atoms with Gasteiger partial charge in [0.05, 0.1) is 4.90 Å². The Morgan fingerprint density at radius 1 is 1.03 bits per heavy atom. The molecule has 0 saturated carbocycles. The van der Waals surface area contributed by atoms with Gasteiger partial charge in [-0.2, -0.15) is 4.31 Å². The van der Waals surface area contributed by atoms with Gasteiger partial charge in [-0.25, -0.2) is 8.42 Å². The molecular formula is C21H25N3O4S. The fourth-order valence-electron chi connectivity index (χ4n) is 3.15. The molecule has 1 aliphatic heterocycles. The van der Waals surface area contributed by atoms with Crippen molar-refractivity contribution in [2.75, 3.05) is 23.7 Å². The number of nitrogens with one attached hydrogen (secondary N) is 2. The molecule has 2 aromatic carbocycles. The van der Waals surface area contributed by atoms with Crippen molar-refractivity contribution >= 4 is 33.2 Å². The molecule has 0 radical (unpaired) electrons. The molecule has 0 atom stereocenters. The van der Waals surface area contributed by atoms with Crippen LogP contribution in [0.5, 0.6) is 0 Å². The smallest absolute Gasteiger partial charge is 0.255 e. The van der Waals surface area contributed by atoms with E-state index in [1.54, 1.807) is 37.3 Å². The number of nitrogens with zero attached hydrogens (tertiary/aromatic N) is 1. The van der Waals surface area contributed by atoms with Crippen LogP contribution in [-0.2, 0) is 14.8 Å². The summed E-state index contributed by atoms with van der Waals surface area (Å²) < 4.78 is 27.0. The summed E-state index contributed by atoms with van der Waals surface area (Å²) in [6.07, 6.45) is 2.06. The van der Waals surface area contributed by atoms with E-state index in [1.165, 1.54) is 16.4 Å². The van der Waals surface area contributed by atoms with Crippen molar-refractivity contribution in [2.24, 2.45) is 0 Å². The van der Waals surface area contributed by atoms with Crippen LogP contribution >= 0.6 is 0 Å².